The van der Waals surface area contributed by atoms with Crippen LogP contribution in [0.25, 0.3) is 0 Å². The van der Waals surface area contributed by atoms with Crippen LogP contribution in [0, 0.1) is 17.3 Å². The molecular weight excluding hydrogens is 380 g/mol. The number of hydrogen-bond acceptors (Lipinski definition) is 7. The van der Waals surface area contributed by atoms with E-state index in [1.165, 1.54) is 0 Å². The van der Waals surface area contributed by atoms with E-state index in [0.29, 0.717) is 19.3 Å². The van der Waals surface area contributed by atoms with Crippen molar-refractivity contribution in [2.45, 2.75) is 76.3 Å². The molecule has 8 heteroatoms. The van der Waals surface area contributed by atoms with E-state index >= 15 is 0 Å². The van der Waals surface area contributed by atoms with Crippen LogP contribution in [0.1, 0.15) is 39.5 Å². The lowest BCUT2D eigenvalue weighted by molar-refractivity contribution is -0.320. The van der Waals surface area contributed by atoms with Crippen LogP contribution < -0.4 is 0 Å². The van der Waals surface area contributed by atoms with Gasteiger partial charge in [-0.25, -0.2) is 4.79 Å². The first-order chi connectivity index (χ1) is 13.6. The quantitative estimate of drug-likeness (QED) is 0.327. The second kappa shape index (κ2) is 8.45. The molecule has 29 heavy (non-hydrogen) atoms. The molecule has 0 amide bonds. The average molecular weight is 412 g/mol. The van der Waals surface area contributed by atoms with Gasteiger partial charge in [0.15, 0.2) is 6.29 Å². The number of aliphatic hydroxyl groups is 4. The molecule has 0 aromatic carbocycles. The van der Waals surface area contributed by atoms with Crippen LogP contribution >= 0.6 is 0 Å². The van der Waals surface area contributed by atoms with Gasteiger partial charge in [0.25, 0.3) is 0 Å². The zero-order valence-corrected chi connectivity index (χ0v) is 16.9. The summed E-state index contributed by atoms with van der Waals surface area (Å²) in [4.78, 5) is 11.3. The molecule has 1 aliphatic heterocycles. The second-order valence-electron chi connectivity index (χ2n) is 8.82. The third kappa shape index (κ3) is 4.02. The first kappa shape index (κ1) is 22.4. The van der Waals surface area contributed by atoms with Gasteiger partial charge in [-0.05, 0) is 31.6 Å². The number of carboxylic acids is 1. The molecule has 0 unspecified atom stereocenters. The van der Waals surface area contributed by atoms with Crippen LogP contribution in [-0.4, -0.2) is 74.9 Å². The SMILES string of the molecule is C=C(C(=O)O)[C@H]1C=C2[C@@H](C)CC[C@@H](O[C@@H]3O[C@H](CO)[C@H](O)[C@H](O)[C@H]3O)[C@]2(C)CC1. The molecule has 1 heterocycles. The van der Waals surface area contributed by atoms with E-state index in [9.17, 15) is 30.3 Å². The number of carboxylic acid groups (broad SMARTS) is 1. The smallest absolute Gasteiger partial charge is 0.331 e. The first-order valence-electron chi connectivity index (χ1n) is 10.2. The minimum absolute atomic E-state index is 0.184. The third-order valence-electron chi connectivity index (χ3n) is 6.99. The molecule has 8 nitrogen and oxygen atoms in total. The van der Waals surface area contributed by atoms with Crippen molar-refractivity contribution in [3.8, 4) is 0 Å². The molecular formula is C21H32O8. The summed E-state index contributed by atoms with van der Waals surface area (Å²) in [6, 6.07) is 0. The van der Waals surface area contributed by atoms with Crippen LogP contribution in [0.15, 0.2) is 23.8 Å². The Morgan fingerprint density at radius 3 is 2.55 bits per heavy atom. The molecule has 1 saturated heterocycles. The van der Waals surface area contributed by atoms with Gasteiger partial charge >= 0.3 is 5.97 Å². The van der Waals surface area contributed by atoms with Gasteiger partial charge in [0.1, 0.15) is 24.4 Å². The maximum absolute atomic E-state index is 11.3. The van der Waals surface area contributed by atoms with Gasteiger partial charge in [0, 0.05) is 16.9 Å². The van der Waals surface area contributed by atoms with Crippen LogP contribution in [0.4, 0.5) is 0 Å². The van der Waals surface area contributed by atoms with E-state index in [1.54, 1.807) is 0 Å². The predicted molar refractivity (Wildman–Crippen MR) is 103 cm³/mol. The molecule has 2 aliphatic carbocycles. The zero-order chi connectivity index (χ0) is 21.5. The summed E-state index contributed by atoms with van der Waals surface area (Å²) in [6.07, 6.45) is -1.97. The fourth-order valence-electron chi connectivity index (χ4n) is 5.03. The minimum Gasteiger partial charge on any atom is -0.478 e. The van der Waals surface area contributed by atoms with E-state index in [-0.39, 0.29) is 28.9 Å². The van der Waals surface area contributed by atoms with E-state index < -0.39 is 43.3 Å². The van der Waals surface area contributed by atoms with Crippen molar-refractivity contribution < 1.29 is 39.8 Å². The Kier molecular flexibility index (Phi) is 6.53. The van der Waals surface area contributed by atoms with Gasteiger partial charge in [-0.15, -0.1) is 0 Å². The topological polar surface area (TPSA) is 137 Å². The molecule has 5 N–H and O–H groups in total. The molecule has 3 aliphatic rings. The molecule has 2 fully saturated rings. The number of fused-ring (bicyclic) bond motifs is 1. The molecule has 3 rings (SSSR count). The van der Waals surface area contributed by atoms with Crippen LogP contribution in [-0.2, 0) is 14.3 Å². The third-order valence-corrected chi connectivity index (χ3v) is 6.99. The Hall–Kier alpha value is -1.29. The Morgan fingerprint density at radius 2 is 1.93 bits per heavy atom. The van der Waals surface area contributed by atoms with Gasteiger partial charge in [-0.1, -0.05) is 32.1 Å². The zero-order valence-electron chi connectivity index (χ0n) is 16.9. The molecule has 0 aromatic rings. The highest BCUT2D eigenvalue weighted by atomic mass is 16.7. The summed E-state index contributed by atoms with van der Waals surface area (Å²) in [5, 5.41) is 49.0. The minimum atomic E-state index is -1.48. The van der Waals surface area contributed by atoms with Crippen LogP contribution in [0.3, 0.4) is 0 Å². The van der Waals surface area contributed by atoms with Crippen molar-refractivity contribution in [2.24, 2.45) is 17.3 Å². The summed E-state index contributed by atoms with van der Waals surface area (Å²) in [7, 11) is 0. The molecule has 164 valence electrons. The first-order valence-corrected chi connectivity index (χ1v) is 10.2. The summed E-state index contributed by atoms with van der Waals surface area (Å²) < 4.78 is 11.7. The molecule has 0 aromatic heterocycles. The largest absolute Gasteiger partial charge is 0.478 e. The molecule has 0 radical (unpaired) electrons. The van der Waals surface area contributed by atoms with E-state index in [1.807, 2.05) is 6.08 Å². The Balaban J connectivity index is 1.82. The fourth-order valence-corrected chi connectivity index (χ4v) is 5.03. The Labute approximate surface area is 170 Å². The van der Waals surface area contributed by atoms with E-state index in [2.05, 4.69) is 20.4 Å². The van der Waals surface area contributed by atoms with E-state index in [0.717, 1.165) is 12.0 Å². The predicted octanol–water partition coefficient (Wildman–Crippen LogP) is 0.585. The van der Waals surface area contributed by atoms with Gasteiger partial charge in [-0.2, -0.15) is 0 Å². The lowest BCUT2D eigenvalue weighted by Crippen LogP contribution is -2.60. The van der Waals surface area contributed by atoms with Crippen molar-refractivity contribution in [3.05, 3.63) is 23.8 Å². The highest BCUT2D eigenvalue weighted by Gasteiger charge is 2.50. The fraction of sp³-hybridized carbons (Fsp3) is 0.762. The number of ether oxygens (including phenoxy) is 2. The molecule has 1 saturated carbocycles. The monoisotopic (exact) mass is 412 g/mol. The van der Waals surface area contributed by atoms with Gasteiger partial charge < -0.3 is 35.0 Å². The number of aliphatic carboxylic acids is 1. The summed E-state index contributed by atoms with van der Waals surface area (Å²) in [5.41, 5.74) is 0.937. The molecule has 9 atom stereocenters. The maximum atomic E-state index is 11.3. The normalized spacial score (nSPS) is 45.2. The van der Waals surface area contributed by atoms with E-state index in [4.69, 9.17) is 9.47 Å². The number of allylic oxidation sites excluding steroid dienone is 1. The van der Waals surface area contributed by atoms with Crippen molar-refractivity contribution in [2.75, 3.05) is 6.61 Å². The number of hydrogen-bond donors (Lipinski definition) is 5. The summed E-state index contributed by atoms with van der Waals surface area (Å²) in [5.74, 6) is -0.948. The molecule has 0 spiro atoms. The van der Waals surface area contributed by atoms with Crippen molar-refractivity contribution in [1.82, 2.24) is 0 Å². The molecule has 0 bridgehead atoms. The van der Waals surface area contributed by atoms with Gasteiger partial charge in [0.2, 0.25) is 0 Å². The Bertz CT molecular complexity index is 674. The highest BCUT2D eigenvalue weighted by Crippen LogP contribution is 2.53. The lowest BCUT2D eigenvalue weighted by Gasteiger charge is -2.51. The number of rotatable bonds is 5. The van der Waals surface area contributed by atoms with Crippen molar-refractivity contribution >= 4 is 5.97 Å². The second-order valence-corrected chi connectivity index (χ2v) is 8.82. The average Bonchev–Trinajstić information content (AvgIpc) is 2.69. The maximum Gasteiger partial charge on any atom is 0.331 e. The summed E-state index contributed by atoms with van der Waals surface area (Å²) in [6.45, 7) is 7.39. The van der Waals surface area contributed by atoms with Crippen molar-refractivity contribution in [1.29, 1.82) is 0 Å². The van der Waals surface area contributed by atoms with Gasteiger partial charge in [-0.3, -0.25) is 0 Å². The summed E-state index contributed by atoms with van der Waals surface area (Å²) >= 11 is 0. The Morgan fingerprint density at radius 1 is 1.24 bits per heavy atom. The number of aliphatic hydroxyl groups excluding tert-OH is 4. The van der Waals surface area contributed by atoms with Crippen molar-refractivity contribution in [3.63, 3.8) is 0 Å². The number of carbonyl (C=O) groups is 1. The van der Waals surface area contributed by atoms with Gasteiger partial charge in [0.05, 0.1) is 12.7 Å². The van der Waals surface area contributed by atoms with Crippen LogP contribution in [0.2, 0.25) is 0 Å². The van der Waals surface area contributed by atoms with Crippen LogP contribution in [0.5, 0.6) is 0 Å². The highest BCUT2D eigenvalue weighted by molar-refractivity contribution is 5.86. The standard InChI is InChI=1S/C21H32O8/c1-10-4-5-15(29-20-18(25)17(24)16(23)14(9-22)28-20)21(3)7-6-12(8-13(10)21)11(2)19(26)27/h8,10,12,14-18,20,22-25H,2,4-7,9H2,1,3H3,(H,26,27)/t10-,12+,14+,15+,16-,17-,18+,20-,21+/m0/s1. The lowest BCUT2D eigenvalue weighted by atomic mass is 9.59.